The Balaban J connectivity index is 1.84. The molecule has 17 heavy (non-hydrogen) atoms. The van der Waals surface area contributed by atoms with Crippen LogP contribution in [-0.2, 0) is 0 Å². The Morgan fingerprint density at radius 3 is 2.12 bits per heavy atom. The van der Waals surface area contributed by atoms with Crippen molar-refractivity contribution in [1.82, 2.24) is 0 Å². The van der Waals surface area contributed by atoms with Crippen LogP contribution in [0, 0.1) is 17.8 Å². The van der Waals surface area contributed by atoms with Crippen LogP contribution in [0.25, 0.3) is 0 Å². The average Bonchev–Trinajstić information content (AvgIpc) is 3.08. The van der Waals surface area contributed by atoms with Gasteiger partial charge >= 0.3 is 0 Å². The van der Waals surface area contributed by atoms with Gasteiger partial charge in [-0.3, -0.25) is 0 Å². The maximum absolute atomic E-state index is 2.40. The van der Waals surface area contributed by atoms with E-state index in [0.717, 1.165) is 17.8 Å². The standard InChI is InChI=1S/C17H34/c1-4-6-7-8-12-16-14-17(16)13-10-9-11-15(3)5-2/h15-17H,4-14H2,1-3H3. The number of unbranched alkanes of at least 4 members (excludes halogenated alkanes) is 4. The molecule has 102 valence electrons. The van der Waals surface area contributed by atoms with E-state index in [9.17, 15) is 0 Å². The van der Waals surface area contributed by atoms with Crippen molar-refractivity contribution in [1.29, 1.82) is 0 Å². The van der Waals surface area contributed by atoms with Crippen molar-refractivity contribution in [3.8, 4) is 0 Å². The quantitative estimate of drug-likeness (QED) is 0.376. The van der Waals surface area contributed by atoms with Crippen LogP contribution in [0.1, 0.15) is 91.4 Å². The van der Waals surface area contributed by atoms with Gasteiger partial charge in [0, 0.05) is 0 Å². The molecule has 0 nitrogen and oxygen atoms in total. The lowest BCUT2D eigenvalue weighted by Crippen LogP contribution is -1.92. The molecule has 3 atom stereocenters. The van der Waals surface area contributed by atoms with Crippen LogP contribution >= 0.6 is 0 Å². The number of rotatable bonds is 11. The summed E-state index contributed by atoms with van der Waals surface area (Å²) < 4.78 is 0. The highest BCUT2D eigenvalue weighted by Crippen LogP contribution is 2.45. The fourth-order valence-corrected chi connectivity index (χ4v) is 2.95. The zero-order chi connectivity index (χ0) is 12.5. The van der Waals surface area contributed by atoms with Crippen LogP contribution in [0.5, 0.6) is 0 Å². The van der Waals surface area contributed by atoms with Gasteiger partial charge < -0.3 is 0 Å². The molecular formula is C17H34. The van der Waals surface area contributed by atoms with E-state index < -0.39 is 0 Å². The van der Waals surface area contributed by atoms with E-state index in [1.54, 1.807) is 6.42 Å². The Bertz CT molecular complexity index is 173. The summed E-state index contributed by atoms with van der Waals surface area (Å²) in [7, 11) is 0. The van der Waals surface area contributed by atoms with Crippen LogP contribution in [0.2, 0.25) is 0 Å². The topological polar surface area (TPSA) is 0 Å². The molecule has 1 fully saturated rings. The van der Waals surface area contributed by atoms with Crippen molar-refractivity contribution in [2.45, 2.75) is 91.4 Å². The van der Waals surface area contributed by atoms with E-state index >= 15 is 0 Å². The minimum atomic E-state index is 0.957. The van der Waals surface area contributed by atoms with Gasteiger partial charge in [-0.25, -0.2) is 0 Å². The Morgan fingerprint density at radius 1 is 0.882 bits per heavy atom. The van der Waals surface area contributed by atoms with Gasteiger partial charge in [-0.15, -0.1) is 0 Å². The Kier molecular flexibility index (Phi) is 7.97. The van der Waals surface area contributed by atoms with Crippen LogP contribution in [0.3, 0.4) is 0 Å². The fourth-order valence-electron chi connectivity index (χ4n) is 2.95. The molecule has 3 unspecified atom stereocenters. The molecule has 1 aliphatic rings. The average molecular weight is 238 g/mol. The van der Waals surface area contributed by atoms with E-state index in [4.69, 9.17) is 0 Å². The van der Waals surface area contributed by atoms with Crippen molar-refractivity contribution in [2.24, 2.45) is 17.8 Å². The summed E-state index contributed by atoms with van der Waals surface area (Å²) >= 11 is 0. The summed E-state index contributed by atoms with van der Waals surface area (Å²) in [5.41, 5.74) is 0. The first-order valence-electron chi connectivity index (χ1n) is 8.27. The van der Waals surface area contributed by atoms with Crippen LogP contribution < -0.4 is 0 Å². The molecule has 0 N–H and O–H groups in total. The van der Waals surface area contributed by atoms with Gasteiger partial charge in [-0.2, -0.15) is 0 Å². The molecule has 1 aliphatic carbocycles. The second-order valence-electron chi connectivity index (χ2n) is 6.40. The highest BCUT2D eigenvalue weighted by Gasteiger charge is 2.34. The van der Waals surface area contributed by atoms with Crippen LogP contribution in [-0.4, -0.2) is 0 Å². The minimum absolute atomic E-state index is 0.957. The monoisotopic (exact) mass is 238 g/mol. The first-order valence-corrected chi connectivity index (χ1v) is 8.27. The van der Waals surface area contributed by atoms with E-state index in [-0.39, 0.29) is 0 Å². The van der Waals surface area contributed by atoms with Gasteiger partial charge in [-0.05, 0) is 24.2 Å². The van der Waals surface area contributed by atoms with Gasteiger partial charge in [0.25, 0.3) is 0 Å². The molecule has 0 heteroatoms. The summed E-state index contributed by atoms with van der Waals surface area (Å²) in [6, 6.07) is 0. The molecule has 0 amide bonds. The second-order valence-corrected chi connectivity index (χ2v) is 6.40. The molecular weight excluding hydrogens is 204 g/mol. The predicted octanol–water partition coefficient (Wildman–Crippen LogP) is 6.20. The van der Waals surface area contributed by atoms with Crippen LogP contribution in [0.15, 0.2) is 0 Å². The van der Waals surface area contributed by atoms with Gasteiger partial charge in [0.15, 0.2) is 0 Å². The summed E-state index contributed by atoms with van der Waals surface area (Å²) in [6.45, 7) is 7.02. The molecule has 0 spiro atoms. The molecule has 1 rings (SSSR count). The number of hydrogen-bond donors (Lipinski definition) is 0. The van der Waals surface area contributed by atoms with Crippen LogP contribution in [0.4, 0.5) is 0 Å². The van der Waals surface area contributed by atoms with E-state index in [2.05, 4.69) is 20.8 Å². The SMILES string of the molecule is CCCCCCC1CC1CCCCC(C)CC. The fraction of sp³-hybridized carbons (Fsp3) is 1.00. The molecule has 0 aromatic heterocycles. The zero-order valence-corrected chi connectivity index (χ0v) is 12.5. The van der Waals surface area contributed by atoms with Gasteiger partial charge in [0.1, 0.15) is 0 Å². The highest BCUT2D eigenvalue weighted by molar-refractivity contribution is 4.85. The molecule has 0 radical (unpaired) electrons. The summed E-state index contributed by atoms with van der Waals surface area (Å²) in [5, 5.41) is 0. The summed E-state index contributed by atoms with van der Waals surface area (Å²) in [5.74, 6) is 3.23. The zero-order valence-electron chi connectivity index (χ0n) is 12.5. The van der Waals surface area contributed by atoms with Crippen molar-refractivity contribution in [3.05, 3.63) is 0 Å². The largest absolute Gasteiger partial charge is 0.0654 e. The second kappa shape index (κ2) is 9.00. The lowest BCUT2D eigenvalue weighted by atomic mass is 9.99. The number of hydrogen-bond acceptors (Lipinski definition) is 0. The van der Waals surface area contributed by atoms with E-state index in [1.807, 2.05) is 0 Å². The molecule has 0 saturated heterocycles. The Labute approximate surface area is 110 Å². The van der Waals surface area contributed by atoms with E-state index in [0.29, 0.717) is 0 Å². The lowest BCUT2D eigenvalue weighted by Gasteiger charge is -2.07. The van der Waals surface area contributed by atoms with E-state index in [1.165, 1.54) is 64.2 Å². The molecule has 0 aromatic carbocycles. The molecule has 0 heterocycles. The van der Waals surface area contributed by atoms with Gasteiger partial charge in [0.2, 0.25) is 0 Å². The Hall–Kier alpha value is 0. The van der Waals surface area contributed by atoms with Crippen molar-refractivity contribution in [3.63, 3.8) is 0 Å². The first-order chi connectivity index (χ1) is 8.27. The summed E-state index contributed by atoms with van der Waals surface area (Å²) in [6.07, 6.45) is 16.3. The van der Waals surface area contributed by atoms with Gasteiger partial charge in [-0.1, -0.05) is 85.0 Å². The minimum Gasteiger partial charge on any atom is -0.0654 e. The first kappa shape index (κ1) is 15.1. The molecule has 0 bridgehead atoms. The molecule has 0 aliphatic heterocycles. The highest BCUT2D eigenvalue weighted by atomic mass is 14.4. The molecule has 0 aromatic rings. The normalized spacial score (nSPS) is 24.9. The third-order valence-corrected chi connectivity index (χ3v) is 4.72. The van der Waals surface area contributed by atoms with Crippen molar-refractivity contribution < 1.29 is 0 Å². The Morgan fingerprint density at radius 2 is 1.53 bits per heavy atom. The third kappa shape index (κ3) is 7.11. The maximum atomic E-state index is 2.40. The van der Waals surface area contributed by atoms with Crippen molar-refractivity contribution >= 4 is 0 Å². The maximum Gasteiger partial charge on any atom is -0.0383 e. The predicted molar refractivity (Wildman–Crippen MR) is 78.3 cm³/mol. The smallest absolute Gasteiger partial charge is 0.0383 e. The van der Waals surface area contributed by atoms with Crippen molar-refractivity contribution in [2.75, 3.05) is 0 Å². The third-order valence-electron chi connectivity index (χ3n) is 4.72. The molecule has 1 saturated carbocycles. The van der Waals surface area contributed by atoms with Gasteiger partial charge in [0.05, 0.1) is 0 Å². The summed E-state index contributed by atoms with van der Waals surface area (Å²) in [4.78, 5) is 0. The lowest BCUT2D eigenvalue weighted by molar-refractivity contribution is 0.463.